The lowest BCUT2D eigenvalue weighted by atomic mass is 10.2. The lowest BCUT2D eigenvalue weighted by Crippen LogP contribution is -2.48. The van der Waals surface area contributed by atoms with Crippen molar-refractivity contribution >= 4 is 22.6 Å². The van der Waals surface area contributed by atoms with Gasteiger partial charge in [-0.05, 0) is 26.0 Å². The molecule has 23 heavy (non-hydrogen) atoms. The van der Waals surface area contributed by atoms with Crippen LogP contribution in [0.1, 0.15) is 20.3 Å². The minimum atomic E-state index is 0.0986. The van der Waals surface area contributed by atoms with Crippen molar-refractivity contribution in [3.8, 4) is 0 Å². The summed E-state index contributed by atoms with van der Waals surface area (Å²) in [7, 11) is 0. The van der Waals surface area contributed by atoms with Gasteiger partial charge in [-0.2, -0.15) is 0 Å². The summed E-state index contributed by atoms with van der Waals surface area (Å²) in [5.41, 5.74) is 0.896. The number of hydrogen-bond acceptors (Lipinski definition) is 5. The summed E-state index contributed by atoms with van der Waals surface area (Å²) in [5, 5.41) is 4.22. The Hall–Kier alpha value is -2.21. The first-order chi connectivity index (χ1) is 11.1. The first-order valence-electron chi connectivity index (χ1n) is 8.00. The van der Waals surface area contributed by atoms with E-state index >= 15 is 0 Å². The van der Waals surface area contributed by atoms with Gasteiger partial charge < -0.3 is 15.0 Å². The second-order valence-corrected chi connectivity index (χ2v) is 5.97. The number of aromatic nitrogens is 2. The number of morpholine rings is 1. The van der Waals surface area contributed by atoms with Crippen LogP contribution in [0.25, 0.3) is 10.9 Å². The van der Waals surface area contributed by atoms with E-state index in [2.05, 4.69) is 15.3 Å². The molecule has 1 fully saturated rings. The smallest absolute Gasteiger partial charge is 0.224 e. The molecule has 0 bridgehead atoms. The maximum Gasteiger partial charge on any atom is 0.224 e. The summed E-state index contributed by atoms with van der Waals surface area (Å²) < 4.78 is 5.66. The SMILES string of the molecule is C[C@H]1CN(C(=O)CCNc2ncnc3ccccc23)C[C@H](C)O1. The minimum absolute atomic E-state index is 0.0986. The van der Waals surface area contributed by atoms with Crippen LogP contribution in [0.3, 0.4) is 0 Å². The molecule has 1 aromatic heterocycles. The van der Waals surface area contributed by atoms with Crippen LogP contribution >= 0.6 is 0 Å². The Labute approximate surface area is 135 Å². The van der Waals surface area contributed by atoms with Crippen LogP contribution in [-0.2, 0) is 9.53 Å². The van der Waals surface area contributed by atoms with Crippen LogP contribution in [0.15, 0.2) is 30.6 Å². The number of benzene rings is 1. The Bertz CT molecular complexity index is 676. The van der Waals surface area contributed by atoms with E-state index in [1.54, 1.807) is 0 Å². The van der Waals surface area contributed by atoms with Gasteiger partial charge >= 0.3 is 0 Å². The highest BCUT2D eigenvalue weighted by molar-refractivity contribution is 5.88. The van der Waals surface area contributed by atoms with E-state index in [0.717, 1.165) is 16.7 Å². The largest absolute Gasteiger partial charge is 0.372 e. The first-order valence-corrected chi connectivity index (χ1v) is 8.00. The molecule has 0 aliphatic carbocycles. The molecule has 0 radical (unpaired) electrons. The average Bonchev–Trinajstić information content (AvgIpc) is 2.54. The summed E-state index contributed by atoms with van der Waals surface area (Å²) in [6.07, 6.45) is 2.18. The number of para-hydroxylation sites is 1. The molecule has 0 saturated carbocycles. The topological polar surface area (TPSA) is 67.4 Å². The monoisotopic (exact) mass is 314 g/mol. The number of carbonyl (C=O) groups is 1. The molecule has 6 nitrogen and oxygen atoms in total. The van der Waals surface area contributed by atoms with Gasteiger partial charge in [0.25, 0.3) is 0 Å². The van der Waals surface area contributed by atoms with Gasteiger partial charge in [-0.25, -0.2) is 9.97 Å². The predicted octanol–water partition coefficient (Wildman–Crippen LogP) is 2.07. The lowest BCUT2D eigenvalue weighted by Gasteiger charge is -2.35. The molecule has 0 unspecified atom stereocenters. The third kappa shape index (κ3) is 3.76. The van der Waals surface area contributed by atoms with Crippen LogP contribution in [0.4, 0.5) is 5.82 Å². The molecule has 2 aromatic rings. The molecule has 3 rings (SSSR count). The van der Waals surface area contributed by atoms with E-state index in [9.17, 15) is 4.79 Å². The Morgan fingerprint density at radius 2 is 2.00 bits per heavy atom. The van der Waals surface area contributed by atoms with Crippen molar-refractivity contribution in [3.05, 3.63) is 30.6 Å². The normalized spacial score (nSPS) is 21.4. The Morgan fingerprint density at radius 1 is 1.26 bits per heavy atom. The van der Waals surface area contributed by atoms with Gasteiger partial charge in [-0.3, -0.25) is 4.79 Å². The van der Waals surface area contributed by atoms with Gasteiger partial charge in [0.05, 0.1) is 17.7 Å². The van der Waals surface area contributed by atoms with Gasteiger partial charge in [0.2, 0.25) is 5.91 Å². The molecule has 1 aliphatic rings. The van der Waals surface area contributed by atoms with Crippen molar-refractivity contribution in [2.45, 2.75) is 32.5 Å². The van der Waals surface area contributed by atoms with Crippen LogP contribution in [-0.4, -0.2) is 52.6 Å². The second-order valence-electron chi connectivity index (χ2n) is 5.97. The lowest BCUT2D eigenvalue weighted by molar-refractivity contribution is -0.142. The van der Waals surface area contributed by atoms with Crippen molar-refractivity contribution in [1.82, 2.24) is 14.9 Å². The number of anilines is 1. The molecule has 2 heterocycles. The molecular weight excluding hydrogens is 292 g/mol. The van der Waals surface area contributed by atoms with Crippen molar-refractivity contribution in [3.63, 3.8) is 0 Å². The molecule has 6 heteroatoms. The van der Waals surface area contributed by atoms with E-state index in [1.807, 2.05) is 43.0 Å². The molecule has 1 aromatic carbocycles. The fourth-order valence-corrected chi connectivity index (χ4v) is 2.97. The molecule has 1 aliphatic heterocycles. The number of ether oxygens (including phenoxy) is 1. The molecular formula is C17H22N4O2. The Kier molecular flexibility index (Phi) is 4.71. The molecule has 1 amide bonds. The van der Waals surface area contributed by atoms with E-state index < -0.39 is 0 Å². The standard InChI is InChI=1S/C17H22N4O2/c1-12-9-21(10-13(2)23-12)16(22)7-8-18-17-14-5-3-4-6-15(14)19-11-20-17/h3-6,11-13H,7-10H2,1-2H3,(H,18,19,20)/t12-,13-/m0/s1. The maximum absolute atomic E-state index is 12.3. The van der Waals surface area contributed by atoms with E-state index in [4.69, 9.17) is 4.74 Å². The number of amides is 1. The third-order valence-corrected chi connectivity index (χ3v) is 3.95. The number of fused-ring (bicyclic) bond motifs is 1. The first kappa shape index (κ1) is 15.7. The van der Waals surface area contributed by atoms with Crippen molar-refractivity contribution in [2.24, 2.45) is 0 Å². The molecule has 122 valence electrons. The third-order valence-electron chi connectivity index (χ3n) is 3.95. The van der Waals surface area contributed by atoms with E-state index in [0.29, 0.717) is 26.1 Å². The number of hydrogen-bond donors (Lipinski definition) is 1. The molecule has 1 N–H and O–H groups in total. The zero-order valence-corrected chi connectivity index (χ0v) is 13.5. The van der Waals surface area contributed by atoms with Crippen molar-refractivity contribution in [1.29, 1.82) is 0 Å². The number of rotatable bonds is 4. The van der Waals surface area contributed by atoms with Gasteiger partial charge in [0.15, 0.2) is 0 Å². The van der Waals surface area contributed by atoms with E-state index in [-0.39, 0.29) is 18.1 Å². The van der Waals surface area contributed by atoms with Crippen molar-refractivity contribution in [2.75, 3.05) is 25.0 Å². The number of carbonyl (C=O) groups excluding carboxylic acids is 1. The van der Waals surface area contributed by atoms with Gasteiger partial charge in [-0.15, -0.1) is 0 Å². The van der Waals surface area contributed by atoms with Crippen molar-refractivity contribution < 1.29 is 9.53 Å². The fourth-order valence-electron chi connectivity index (χ4n) is 2.97. The van der Waals surface area contributed by atoms with Crippen LogP contribution in [0.5, 0.6) is 0 Å². The summed E-state index contributed by atoms with van der Waals surface area (Å²) in [5.74, 6) is 0.921. The van der Waals surface area contributed by atoms with Gasteiger partial charge in [0, 0.05) is 31.4 Å². The summed E-state index contributed by atoms with van der Waals surface area (Å²) in [4.78, 5) is 22.7. The number of nitrogens with zero attached hydrogens (tertiary/aromatic N) is 3. The minimum Gasteiger partial charge on any atom is -0.372 e. The van der Waals surface area contributed by atoms with E-state index in [1.165, 1.54) is 6.33 Å². The zero-order valence-electron chi connectivity index (χ0n) is 13.5. The Balaban J connectivity index is 1.57. The fraction of sp³-hybridized carbons (Fsp3) is 0.471. The quantitative estimate of drug-likeness (QED) is 0.936. The van der Waals surface area contributed by atoms with Crippen LogP contribution in [0.2, 0.25) is 0 Å². The highest BCUT2D eigenvalue weighted by Crippen LogP contribution is 2.18. The summed E-state index contributed by atoms with van der Waals surface area (Å²) in [6, 6.07) is 7.83. The van der Waals surface area contributed by atoms with Crippen LogP contribution in [0, 0.1) is 0 Å². The average molecular weight is 314 g/mol. The summed E-state index contributed by atoms with van der Waals surface area (Å²) in [6.45, 7) is 5.89. The zero-order chi connectivity index (χ0) is 16.2. The van der Waals surface area contributed by atoms with Gasteiger partial charge in [0.1, 0.15) is 12.1 Å². The number of nitrogens with one attached hydrogen (secondary N) is 1. The molecule has 0 spiro atoms. The highest BCUT2D eigenvalue weighted by atomic mass is 16.5. The highest BCUT2D eigenvalue weighted by Gasteiger charge is 2.25. The Morgan fingerprint density at radius 3 is 2.78 bits per heavy atom. The predicted molar refractivity (Wildman–Crippen MR) is 89.2 cm³/mol. The van der Waals surface area contributed by atoms with Gasteiger partial charge in [-0.1, -0.05) is 12.1 Å². The molecule has 1 saturated heterocycles. The molecule has 2 atom stereocenters. The summed E-state index contributed by atoms with van der Waals surface area (Å²) >= 11 is 0. The van der Waals surface area contributed by atoms with Crippen LogP contribution < -0.4 is 5.32 Å². The maximum atomic E-state index is 12.3. The second kappa shape index (κ2) is 6.91.